The minimum Gasteiger partial charge on any atom is -0.481 e. The van der Waals surface area contributed by atoms with E-state index in [-0.39, 0.29) is 6.04 Å². The van der Waals surface area contributed by atoms with Crippen LogP contribution >= 0.6 is 0 Å². The molecule has 0 bridgehead atoms. The Morgan fingerprint density at radius 2 is 1.88 bits per heavy atom. The summed E-state index contributed by atoms with van der Waals surface area (Å²) in [6.07, 6.45) is -4.00. The fourth-order valence-corrected chi connectivity index (χ4v) is 1.44. The van der Waals surface area contributed by atoms with Gasteiger partial charge in [-0.1, -0.05) is 13.8 Å². The van der Waals surface area contributed by atoms with E-state index in [9.17, 15) is 18.0 Å². The minimum atomic E-state index is -4.69. The van der Waals surface area contributed by atoms with E-state index >= 15 is 0 Å². The van der Waals surface area contributed by atoms with E-state index in [0.717, 1.165) is 0 Å². The molecule has 0 rings (SSSR count). The summed E-state index contributed by atoms with van der Waals surface area (Å²) < 4.78 is 37.3. The highest BCUT2D eigenvalue weighted by Gasteiger charge is 2.46. The van der Waals surface area contributed by atoms with E-state index in [4.69, 9.17) is 5.11 Å². The van der Waals surface area contributed by atoms with Gasteiger partial charge >= 0.3 is 12.1 Å². The third-order valence-electron chi connectivity index (χ3n) is 2.73. The van der Waals surface area contributed by atoms with Gasteiger partial charge in [0, 0.05) is 12.6 Å². The van der Waals surface area contributed by atoms with Crippen LogP contribution in [0.4, 0.5) is 13.2 Å². The third-order valence-corrected chi connectivity index (χ3v) is 2.73. The van der Waals surface area contributed by atoms with Crippen molar-refractivity contribution in [1.82, 2.24) is 4.90 Å². The summed E-state index contributed by atoms with van der Waals surface area (Å²) in [6, 6.07) is -0.0470. The van der Waals surface area contributed by atoms with E-state index < -0.39 is 24.6 Å². The van der Waals surface area contributed by atoms with Gasteiger partial charge in [-0.15, -0.1) is 0 Å². The Balaban J connectivity index is 4.67. The number of rotatable bonds is 6. The molecule has 0 aromatic rings. The maximum absolute atomic E-state index is 12.4. The first-order chi connectivity index (χ1) is 7.23. The van der Waals surface area contributed by atoms with E-state index in [0.29, 0.717) is 13.0 Å². The lowest BCUT2D eigenvalue weighted by Crippen LogP contribution is -2.44. The molecule has 0 aliphatic rings. The molecule has 3 nitrogen and oxygen atoms in total. The fourth-order valence-electron chi connectivity index (χ4n) is 1.44. The molecule has 1 N–H and O–H groups in total. The van der Waals surface area contributed by atoms with Gasteiger partial charge in [0.1, 0.15) is 0 Å². The van der Waals surface area contributed by atoms with Crippen LogP contribution in [-0.4, -0.2) is 41.3 Å². The zero-order valence-electron chi connectivity index (χ0n) is 9.71. The molecule has 0 aromatic heterocycles. The van der Waals surface area contributed by atoms with Crippen molar-refractivity contribution < 1.29 is 23.1 Å². The minimum absolute atomic E-state index is 0.0470. The summed E-state index contributed by atoms with van der Waals surface area (Å²) in [5.74, 6) is -4.12. The Labute approximate surface area is 93.2 Å². The van der Waals surface area contributed by atoms with Gasteiger partial charge < -0.3 is 5.11 Å². The molecule has 0 heterocycles. The van der Waals surface area contributed by atoms with Crippen molar-refractivity contribution >= 4 is 5.97 Å². The van der Waals surface area contributed by atoms with Crippen molar-refractivity contribution in [1.29, 1.82) is 0 Å². The maximum atomic E-state index is 12.4. The van der Waals surface area contributed by atoms with Crippen molar-refractivity contribution in [3.8, 4) is 0 Å². The number of hydrogen-bond acceptors (Lipinski definition) is 2. The topological polar surface area (TPSA) is 40.5 Å². The molecule has 0 saturated carbocycles. The number of halogens is 3. The highest BCUT2D eigenvalue weighted by atomic mass is 19.4. The molecule has 6 heteroatoms. The van der Waals surface area contributed by atoms with E-state index in [1.165, 1.54) is 4.90 Å². The Kier molecular flexibility index (Phi) is 5.78. The lowest BCUT2D eigenvalue weighted by atomic mass is 10.1. The molecule has 0 radical (unpaired) electrons. The number of carboxylic acids is 1. The number of aliphatic carboxylic acids is 1. The molecule has 2 unspecified atom stereocenters. The second-order valence-corrected chi connectivity index (χ2v) is 3.78. The number of nitrogens with zero attached hydrogens (tertiary/aromatic N) is 1. The first-order valence-electron chi connectivity index (χ1n) is 5.27. The normalized spacial score (nSPS) is 16.2. The average Bonchev–Trinajstić information content (AvgIpc) is 2.15. The molecule has 0 aliphatic carbocycles. The number of carbonyl (C=O) groups is 1. The predicted molar refractivity (Wildman–Crippen MR) is 54.2 cm³/mol. The second kappa shape index (κ2) is 6.08. The van der Waals surface area contributed by atoms with Gasteiger partial charge in [-0.3, -0.25) is 9.69 Å². The van der Waals surface area contributed by atoms with Gasteiger partial charge in [-0.25, -0.2) is 0 Å². The summed E-state index contributed by atoms with van der Waals surface area (Å²) in [5.41, 5.74) is 0. The lowest BCUT2D eigenvalue weighted by Gasteiger charge is -2.30. The summed E-state index contributed by atoms with van der Waals surface area (Å²) in [6.45, 7) is 5.30. The molecular formula is C10H18F3NO2. The van der Waals surface area contributed by atoms with Crippen molar-refractivity contribution in [2.75, 3.05) is 13.1 Å². The first-order valence-corrected chi connectivity index (χ1v) is 5.27. The number of hydrogen-bond donors (Lipinski definition) is 1. The summed E-state index contributed by atoms with van der Waals surface area (Å²) in [7, 11) is 0. The van der Waals surface area contributed by atoms with Crippen LogP contribution in [0.1, 0.15) is 27.2 Å². The number of carboxylic acid groups (broad SMARTS) is 1. The van der Waals surface area contributed by atoms with Gasteiger partial charge in [-0.2, -0.15) is 13.2 Å². The van der Waals surface area contributed by atoms with Gasteiger partial charge in [0.05, 0.1) is 0 Å². The maximum Gasteiger partial charge on any atom is 0.403 e. The van der Waals surface area contributed by atoms with Crippen molar-refractivity contribution in [3.05, 3.63) is 0 Å². The zero-order chi connectivity index (χ0) is 12.9. The first kappa shape index (κ1) is 15.2. The van der Waals surface area contributed by atoms with Gasteiger partial charge in [0.15, 0.2) is 5.92 Å². The van der Waals surface area contributed by atoms with Crippen LogP contribution < -0.4 is 0 Å². The summed E-state index contributed by atoms with van der Waals surface area (Å²) >= 11 is 0. The second-order valence-electron chi connectivity index (χ2n) is 3.78. The van der Waals surface area contributed by atoms with Crippen LogP contribution in [0.15, 0.2) is 0 Å². The molecule has 0 amide bonds. The van der Waals surface area contributed by atoms with Crippen LogP contribution in [-0.2, 0) is 4.79 Å². The van der Waals surface area contributed by atoms with E-state index in [1.807, 2.05) is 6.92 Å². The summed E-state index contributed by atoms with van der Waals surface area (Å²) in [5, 5.41) is 8.56. The van der Waals surface area contributed by atoms with Crippen LogP contribution in [0, 0.1) is 5.92 Å². The van der Waals surface area contributed by atoms with Gasteiger partial charge in [0.2, 0.25) is 0 Å². The van der Waals surface area contributed by atoms with Crippen molar-refractivity contribution in [2.24, 2.45) is 5.92 Å². The Bertz CT molecular complexity index is 231. The lowest BCUT2D eigenvalue weighted by molar-refractivity contribution is -0.197. The number of alkyl halides is 3. The standard InChI is InChI=1S/C10H18F3NO2/c1-4-7(3)14(5-2)6-8(9(15)16)10(11,12)13/h7-8H,4-6H2,1-3H3,(H,15,16). The van der Waals surface area contributed by atoms with Crippen LogP contribution in [0.25, 0.3) is 0 Å². The largest absolute Gasteiger partial charge is 0.481 e. The van der Waals surface area contributed by atoms with E-state index in [1.54, 1.807) is 13.8 Å². The molecule has 0 fully saturated rings. The van der Waals surface area contributed by atoms with Gasteiger partial charge in [0.25, 0.3) is 0 Å². The van der Waals surface area contributed by atoms with Crippen LogP contribution in [0.3, 0.4) is 0 Å². The molecule has 96 valence electrons. The van der Waals surface area contributed by atoms with Crippen molar-refractivity contribution in [2.45, 2.75) is 39.4 Å². The van der Waals surface area contributed by atoms with Gasteiger partial charge in [-0.05, 0) is 19.9 Å². The van der Waals surface area contributed by atoms with Crippen LogP contribution in [0.5, 0.6) is 0 Å². The SMILES string of the molecule is CCC(C)N(CC)CC(C(=O)O)C(F)(F)F. The van der Waals surface area contributed by atoms with Crippen molar-refractivity contribution in [3.63, 3.8) is 0 Å². The molecule has 0 spiro atoms. The molecule has 0 aromatic carbocycles. The Hall–Kier alpha value is -0.780. The highest BCUT2D eigenvalue weighted by Crippen LogP contribution is 2.27. The quantitative estimate of drug-likeness (QED) is 0.776. The average molecular weight is 241 g/mol. The molecule has 2 atom stereocenters. The molecule has 0 saturated heterocycles. The molecular weight excluding hydrogens is 223 g/mol. The van der Waals surface area contributed by atoms with Crippen LogP contribution in [0.2, 0.25) is 0 Å². The highest BCUT2D eigenvalue weighted by molar-refractivity contribution is 5.71. The fraction of sp³-hybridized carbons (Fsp3) is 0.900. The smallest absolute Gasteiger partial charge is 0.403 e. The summed E-state index contributed by atoms with van der Waals surface area (Å²) in [4.78, 5) is 12.1. The zero-order valence-corrected chi connectivity index (χ0v) is 9.71. The van der Waals surface area contributed by atoms with E-state index in [2.05, 4.69) is 0 Å². The Morgan fingerprint density at radius 1 is 1.38 bits per heavy atom. The predicted octanol–water partition coefficient (Wildman–Crippen LogP) is 2.37. The Morgan fingerprint density at radius 3 is 2.12 bits per heavy atom. The molecule has 16 heavy (non-hydrogen) atoms. The monoisotopic (exact) mass is 241 g/mol. The third kappa shape index (κ3) is 4.38. The molecule has 0 aliphatic heterocycles.